The fraction of sp³-hybridized carbons (Fsp3) is 0.176. The molecule has 0 aromatic heterocycles. The molecular formula is C17H17NO3. The van der Waals surface area contributed by atoms with E-state index in [1.54, 1.807) is 18.2 Å². The summed E-state index contributed by atoms with van der Waals surface area (Å²) in [7, 11) is 1.31. The molecule has 0 atom stereocenters. The SMILES string of the molecule is CCc1ccc(NC(=O)c2cccc(C(=O)OC)c2)cc1. The van der Waals surface area contributed by atoms with Crippen LogP contribution >= 0.6 is 0 Å². The monoisotopic (exact) mass is 283 g/mol. The van der Waals surface area contributed by atoms with E-state index in [9.17, 15) is 9.59 Å². The molecule has 2 aromatic carbocycles. The maximum atomic E-state index is 12.2. The van der Waals surface area contributed by atoms with Crippen LogP contribution in [0.5, 0.6) is 0 Å². The number of esters is 1. The molecule has 108 valence electrons. The number of carbonyl (C=O) groups is 2. The van der Waals surface area contributed by atoms with Crippen LogP contribution in [0.15, 0.2) is 48.5 Å². The molecule has 2 aromatic rings. The first-order chi connectivity index (χ1) is 10.1. The Labute approximate surface area is 123 Å². The van der Waals surface area contributed by atoms with Gasteiger partial charge in [0, 0.05) is 11.3 Å². The highest BCUT2D eigenvalue weighted by Gasteiger charge is 2.10. The topological polar surface area (TPSA) is 55.4 Å². The number of hydrogen-bond acceptors (Lipinski definition) is 3. The molecule has 0 unspecified atom stereocenters. The zero-order valence-corrected chi connectivity index (χ0v) is 12.1. The molecule has 1 N–H and O–H groups in total. The molecule has 4 nitrogen and oxygen atoms in total. The van der Waals surface area contributed by atoms with Crippen LogP contribution in [-0.4, -0.2) is 19.0 Å². The van der Waals surface area contributed by atoms with Gasteiger partial charge in [0.05, 0.1) is 12.7 Å². The van der Waals surface area contributed by atoms with Crippen LogP contribution in [0, 0.1) is 0 Å². The smallest absolute Gasteiger partial charge is 0.337 e. The number of anilines is 1. The Bertz CT molecular complexity index is 647. The van der Waals surface area contributed by atoms with Gasteiger partial charge in [0.2, 0.25) is 0 Å². The summed E-state index contributed by atoms with van der Waals surface area (Å²) in [4.78, 5) is 23.6. The summed E-state index contributed by atoms with van der Waals surface area (Å²) in [6.07, 6.45) is 0.954. The maximum Gasteiger partial charge on any atom is 0.337 e. The van der Waals surface area contributed by atoms with Crippen molar-refractivity contribution in [1.82, 2.24) is 0 Å². The summed E-state index contributed by atoms with van der Waals surface area (Å²) in [5.41, 5.74) is 2.70. The Balaban J connectivity index is 2.14. The first kappa shape index (κ1) is 14.8. The molecule has 0 spiro atoms. The lowest BCUT2D eigenvalue weighted by atomic mass is 10.1. The van der Waals surface area contributed by atoms with Crippen molar-refractivity contribution in [2.75, 3.05) is 12.4 Å². The van der Waals surface area contributed by atoms with E-state index in [2.05, 4.69) is 17.0 Å². The van der Waals surface area contributed by atoms with Gasteiger partial charge in [0.15, 0.2) is 0 Å². The molecule has 0 saturated heterocycles. The molecule has 0 aliphatic heterocycles. The normalized spacial score (nSPS) is 10.0. The Morgan fingerprint density at radius 3 is 2.33 bits per heavy atom. The molecule has 0 aliphatic rings. The van der Waals surface area contributed by atoms with Crippen LogP contribution in [0.4, 0.5) is 5.69 Å². The van der Waals surface area contributed by atoms with Gasteiger partial charge in [-0.3, -0.25) is 4.79 Å². The summed E-state index contributed by atoms with van der Waals surface area (Å²) in [6, 6.07) is 14.1. The molecule has 2 rings (SSSR count). The van der Waals surface area contributed by atoms with E-state index in [0.29, 0.717) is 11.1 Å². The minimum absolute atomic E-state index is 0.259. The van der Waals surface area contributed by atoms with Gasteiger partial charge in [-0.1, -0.05) is 25.1 Å². The predicted molar refractivity (Wildman–Crippen MR) is 81.6 cm³/mol. The molecule has 0 fully saturated rings. The standard InChI is InChI=1S/C17H17NO3/c1-3-12-7-9-15(10-8-12)18-16(19)13-5-4-6-14(11-13)17(20)21-2/h4-11H,3H2,1-2H3,(H,18,19). The Hall–Kier alpha value is -2.62. The number of amides is 1. The predicted octanol–water partition coefficient (Wildman–Crippen LogP) is 3.29. The van der Waals surface area contributed by atoms with Gasteiger partial charge < -0.3 is 10.1 Å². The van der Waals surface area contributed by atoms with Crippen LogP contribution in [0.1, 0.15) is 33.2 Å². The number of ether oxygens (including phenoxy) is 1. The van der Waals surface area contributed by atoms with Gasteiger partial charge in [-0.25, -0.2) is 4.79 Å². The Morgan fingerprint density at radius 2 is 1.71 bits per heavy atom. The highest BCUT2D eigenvalue weighted by atomic mass is 16.5. The minimum atomic E-state index is -0.461. The summed E-state index contributed by atoms with van der Waals surface area (Å²) in [5, 5.41) is 2.80. The first-order valence-electron chi connectivity index (χ1n) is 6.72. The number of methoxy groups -OCH3 is 1. The summed E-state index contributed by atoms with van der Waals surface area (Å²) in [6.45, 7) is 2.08. The lowest BCUT2D eigenvalue weighted by Crippen LogP contribution is -2.13. The van der Waals surface area contributed by atoms with Crippen LogP contribution in [0.3, 0.4) is 0 Å². The van der Waals surface area contributed by atoms with Crippen molar-refractivity contribution in [3.05, 3.63) is 65.2 Å². The van der Waals surface area contributed by atoms with Crippen molar-refractivity contribution in [1.29, 1.82) is 0 Å². The Morgan fingerprint density at radius 1 is 1.05 bits per heavy atom. The van der Waals surface area contributed by atoms with Crippen molar-refractivity contribution in [2.24, 2.45) is 0 Å². The van der Waals surface area contributed by atoms with Gasteiger partial charge in [0.1, 0.15) is 0 Å². The van der Waals surface area contributed by atoms with Crippen molar-refractivity contribution in [3.8, 4) is 0 Å². The van der Waals surface area contributed by atoms with E-state index in [4.69, 9.17) is 0 Å². The van der Waals surface area contributed by atoms with Crippen LogP contribution < -0.4 is 5.32 Å². The average molecular weight is 283 g/mol. The molecule has 4 heteroatoms. The second kappa shape index (κ2) is 6.70. The molecule has 0 bridgehead atoms. The van der Waals surface area contributed by atoms with Crippen molar-refractivity contribution in [2.45, 2.75) is 13.3 Å². The highest BCUT2D eigenvalue weighted by Crippen LogP contribution is 2.13. The molecule has 0 radical (unpaired) electrons. The lowest BCUT2D eigenvalue weighted by molar-refractivity contribution is 0.0600. The van der Waals surface area contributed by atoms with E-state index in [-0.39, 0.29) is 5.91 Å². The fourth-order valence-electron chi connectivity index (χ4n) is 1.93. The zero-order chi connectivity index (χ0) is 15.2. The van der Waals surface area contributed by atoms with Crippen molar-refractivity contribution in [3.63, 3.8) is 0 Å². The van der Waals surface area contributed by atoms with E-state index in [0.717, 1.165) is 12.1 Å². The van der Waals surface area contributed by atoms with Gasteiger partial charge in [0.25, 0.3) is 5.91 Å². The quantitative estimate of drug-likeness (QED) is 0.876. The number of hydrogen-bond donors (Lipinski definition) is 1. The van der Waals surface area contributed by atoms with Gasteiger partial charge in [-0.15, -0.1) is 0 Å². The molecular weight excluding hydrogens is 266 g/mol. The summed E-state index contributed by atoms with van der Waals surface area (Å²) < 4.78 is 4.64. The van der Waals surface area contributed by atoms with Crippen molar-refractivity contribution < 1.29 is 14.3 Å². The Kier molecular flexibility index (Phi) is 4.72. The molecule has 1 amide bonds. The third-order valence-electron chi connectivity index (χ3n) is 3.17. The van der Waals surface area contributed by atoms with Crippen LogP contribution in [0.25, 0.3) is 0 Å². The van der Waals surface area contributed by atoms with Crippen LogP contribution in [-0.2, 0) is 11.2 Å². The van der Waals surface area contributed by atoms with Crippen LogP contribution in [0.2, 0.25) is 0 Å². The fourth-order valence-corrected chi connectivity index (χ4v) is 1.93. The second-order valence-corrected chi connectivity index (χ2v) is 4.58. The lowest BCUT2D eigenvalue weighted by Gasteiger charge is -2.07. The largest absolute Gasteiger partial charge is 0.465 e. The van der Waals surface area contributed by atoms with E-state index >= 15 is 0 Å². The highest BCUT2D eigenvalue weighted by molar-refractivity contribution is 6.05. The van der Waals surface area contributed by atoms with Gasteiger partial charge >= 0.3 is 5.97 Å². The third kappa shape index (κ3) is 3.69. The summed E-state index contributed by atoms with van der Waals surface area (Å²) in [5.74, 6) is -0.720. The molecule has 0 heterocycles. The molecule has 0 aliphatic carbocycles. The maximum absolute atomic E-state index is 12.2. The minimum Gasteiger partial charge on any atom is -0.465 e. The van der Waals surface area contributed by atoms with Gasteiger partial charge in [-0.2, -0.15) is 0 Å². The number of carbonyl (C=O) groups excluding carboxylic acids is 2. The number of rotatable bonds is 4. The molecule has 0 saturated carbocycles. The summed E-state index contributed by atoms with van der Waals surface area (Å²) >= 11 is 0. The average Bonchev–Trinajstić information content (AvgIpc) is 2.55. The van der Waals surface area contributed by atoms with Crippen molar-refractivity contribution >= 4 is 17.6 Å². The molecule has 21 heavy (non-hydrogen) atoms. The number of aryl methyl sites for hydroxylation is 1. The number of benzene rings is 2. The third-order valence-corrected chi connectivity index (χ3v) is 3.17. The van der Waals surface area contributed by atoms with E-state index in [1.807, 2.05) is 24.3 Å². The number of nitrogens with one attached hydrogen (secondary N) is 1. The van der Waals surface area contributed by atoms with E-state index in [1.165, 1.54) is 18.7 Å². The van der Waals surface area contributed by atoms with Gasteiger partial charge in [-0.05, 0) is 42.3 Å². The van der Waals surface area contributed by atoms with E-state index < -0.39 is 5.97 Å². The zero-order valence-electron chi connectivity index (χ0n) is 12.1. The second-order valence-electron chi connectivity index (χ2n) is 4.58. The first-order valence-corrected chi connectivity index (χ1v) is 6.72.